The van der Waals surface area contributed by atoms with Crippen LogP contribution in [-0.2, 0) is 34.5 Å². The monoisotopic (exact) mass is 916 g/mol. The second-order valence-corrected chi connectivity index (χ2v) is 19.6. The number of halogens is 2. The maximum Gasteiger partial charge on any atom is 0.258 e. The van der Waals surface area contributed by atoms with Crippen LogP contribution in [0, 0.1) is 35.8 Å². The molecule has 3 atom stereocenters. The molecule has 352 valence electrons. The lowest BCUT2D eigenvalue weighted by molar-refractivity contribution is -0.138. The molecular weight excluding hydrogens is 859 g/mol. The maximum atomic E-state index is 15.3. The minimum Gasteiger partial charge on any atom is -0.477 e. The average molecular weight is 917 g/mol. The van der Waals surface area contributed by atoms with Crippen LogP contribution >= 0.6 is 0 Å². The largest absolute Gasteiger partial charge is 0.477 e. The summed E-state index contributed by atoms with van der Waals surface area (Å²) in [6.45, 7) is 10.3. The molecule has 3 aromatic heterocycles. The number of carbonyl (C=O) groups is 4. The Morgan fingerprint density at radius 1 is 0.896 bits per heavy atom. The first-order valence-corrected chi connectivity index (χ1v) is 23.8. The number of anilines is 2. The van der Waals surface area contributed by atoms with E-state index in [1.165, 1.54) is 17.7 Å². The number of aryl methyl sites for hydroxylation is 2. The van der Waals surface area contributed by atoms with Gasteiger partial charge in [0.25, 0.3) is 5.91 Å². The number of carbonyl (C=O) groups excluding carboxylic acids is 4. The van der Waals surface area contributed by atoms with E-state index in [0.717, 1.165) is 74.8 Å². The summed E-state index contributed by atoms with van der Waals surface area (Å²) >= 11 is 0. The maximum absolute atomic E-state index is 15.3. The first-order chi connectivity index (χ1) is 32.3. The van der Waals surface area contributed by atoms with Gasteiger partial charge >= 0.3 is 0 Å². The predicted molar refractivity (Wildman–Crippen MR) is 247 cm³/mol. The molecule has 10 rings (SSSR count). The number of nitrogens with one attached hydrogen (secondary N) is 2. The Morgan fingerprint density at radius 3 is 2.42 bits per heavy atom. The topological polar surface area (TPSA) is 160 Å². The molecule has 4 amide bonds. The van der Waals surface area contributed by atoms with Gasteiger partial charge in [-0.05, 0) is 125 Å². The van der Waals surface area contributed by atoms with E-state index in [-0.39, 0.29) is 47.5 Å². The van der Waals surface area contributed by atoms with Crippen molar-refractivity contribution in [2.45, 2.75) is 90.6 Å². The lowest BCUT2D eigenvalue weighted by atomic mass is 9.71. The summed E-state index contributed by atoms with van der Waals surface area (Å²) in [5, 5.41) is 9.74. The molecule has 2 bridgehead atoms. The number of benzene rings is 2. The number of pyridine rings is 1. The number of amides is 4. The molecule has 2 N–H and O–H groups in total. The SMILES string of the molecule is Cc1cc2cc(n1)-c1cnn(C)c1OCCC[C@@H](C)Cn1c(nc3ccc(CN4CCC5(CC4)CCN(C(=O)[C@@H]4CCN(c6cc(F)c([C@H]7CCC(=O)NC7=O)c(F)c6)C4)CC5)cc31)NC2=O. The Kier molecular flexibility index (Phi) is 12.1. The van der Waals surface area contributed by atoms with Gasteiger partial charge in [-0.2, -0.15) is 5.10 Å². The number of piperidine rings is 3. The Morgan fingerprint density at radius 2 is 1.66 bits per heavy atom. The summed E-state index contributed by atoms with van der Waals surface area (Å²) in [5.41, 5.74) is 5.80. The van der Waals surface area contributed by atoms with Crippen molar-refractivity contribution in [3.63, 3.8) is 0 Å². The number of imidazole rings is 1. The third-order valence-corrected chi connectivity index (χ3v) is 15.0. The Balaban J connectivity index is 0.756. The molecule has 17 heteroatoms. The standard InChI is InChI=1S/C50H58F2N10O5/c1-30-5-4-20-67-48-37(26-53-58(48)3)41-23-34(21-31(2)54-41)45(64)57-49-55-40-8-6-32(22-42(40)62(49)27-30)28-59-16-11-50(12-17-59)13-18-60(19-14-50)47(66)33-10-15-61(29-33)35-24-38(51)44(39(52)25-35)36-7-9-43(63)56-46(36)65/h6,8,21-26,30,33,36H,4-5,7,9-20,27-29H2,1-3H3,(H,55,57,64)(H,56,63,65)/t30-,33-,36-/m1/s1. The Bertz CT molecular complexity index is 2730. The highest BCUT2D eigenvalue weighted by molar-refractivity contribution is 6.05. The molecule has 5 aromatic rings. The number of fused-ring (bicyclic) bond motifs is 7. The molecule has 0 unspecified atom stereocenters. The van der Waals surface area contributed by atoms with Crippen molar-refractivity contribution in [3.05, 3.63) is 82.7 Å². The first-order valence-electron chi connectivity index (χ1n) is 23.8. The quantitative estimate of drug-likeness (QED) is 0.181. The highest BCUT2D eigenvalue weighted by Crippen LogP contribution is 2.43. The van der Waals surface area contributed by atoms with E-state index in [1.807, 2.05) is 23.8 Å². The number of hydrogen-bond acceptors (Lipinski definition) is 10. The van der Waals surface area contributed by atoms with Crippen LogP contribution in [0.1, 0.15) is 97.8 Å². The van der Waals surface area contributed by atoms with E-state index in [4.69, 9.17) is 14.7 Å². The Labute approximate surface area is 388 Å². The zero-order chi connectivity index (χ0) is 46.6. The van der Waals surface area contributed by atoms with Gasteiger partial charge in [0, 0.05) is 75.2 Å². The van der Waals surface area contributed by atoms with Crippen molar-refractivity contribution in [1.29, 1.82) is 0 Å². The summed E-state index contributed by atoms with van der Waals surface area (Å²) in [5.74, 6) is -2.79. The van der Waals surface area contributed by atoms with Crippen LogP contribution in [0.2, 0.25) is 0 Å². The van der Waals surface area contributed by atoms with E-state index < -0.39 is 29.4 Å². The normalized spacial score (nSPS) is 22.7. The van der Waals surface area contributed by atoms with E-state index in [1.54, 1.807) is 23.0 Å². The third-order valence-electron chi connectivity index (χ3n) is 15.0. The molecule has 0 aliphatic carbocycles. The molecule has 0 saturated carbocycles. The van der Waals surface area contributed by atoms with E-state index in [0.29, 0.717) is 80.2 Å². The van der Waals surface area contributed by atoms with Gasteiger partial charge in [-0.15, -0.1) is 0 Å². The van der Waals surface area contributed by atoms with Gasteiger partial charge < -0.3 is 19.1 Å². The molecule has 8 heterocycles. The summed E-state index contributed by atoms with van der Waals surface area (Å²) < 4.78 is 40.8. The first kappa shape index (κ1) is 44.6. The lowest BCUT2D eigenvalue weighted by Crippen LogP contribution is -2.49. The Hall–Kier alpha value is -6.23. The fourth-order valence-electron chi connectivity index (χ4n) is 11.1. The minimum atomic E-state index is -1.05. The molecule has 1 spiro atoms. The van der Waals surface area contributed by atoms with Gasteiger partial charge in [0.2, 0.25) is 29.5 Å². The van der Waals surface area contributed by atoms with Crippen LogP contribution in [0.4, 0.5) is 20.4 Å². The van der Waals surface area contributed by atoms with Crippen LogP contribution in [0.3, 0.4) is 0 Å². The van der Waals surface area contributed by atoms with Gasteiger partial charge in [-0.1, -0.05) is 13.0 Å². The average Bonchev–Trinajstić information content (AvgIpc) is 4.03. The number of imide groups is 1. The third kappa shape index (κ3) is 9.01. The van der Waals surface area contributed by atoms with E-state index >= 15 is 8.78 Å². The number of nitrogens with zero attached hydrogens (tertiary/aromatic N) is 8. The van der Waals surface area contributed by atoms with Crippen molar-refractivity contribution in [2.75, 3.05) is 56.1 Å². The number of hydrogen-bond donors (Lipinski definition) is 2. The van der Waals surface area contributed by atoms with Gasteiger partial charge in [-0.3, -0.25) is 39.7 Å². The zero-order valence-corrected chi connectivity index (χ0v) is 38.5. The molecule has 5 aliphatic rings. The van der Waals surface area contributed by atoms with Crippen molar-refractivity contribution in [3.8, 4) is 17.1 Å². The lowest BCUT2D eigenvalue weighted by Gasteiger charge is -2.47. The molecular formula is C50H58F2N10O5. The molecule has 5 aliphatic heterocycles. The van der Waals surface area contributed by atoms with Crippen molar-refractivity contribution in [1.82, 2.24) is 39.4 Å². The molecule has 2 aromatic carbocycles. The molecule has 4 fully saturated rings. The second-order valence-electron chi connectivity index (χ2n) is 19.6. The van der Waals surface area contributed by atoms with Crippen LogP contribution in [0.25, 0.3) is 22.3 Å². The fraction of sp³-hybridized carbons (Fsp3) is 0.500. The molecule has 0 radical (unpaired) electrons. The van der Waals surface area contributed by atoms with Crippen LogP contribution in [0.15, 0.2) is 48.7 Å². The van der Waals surface area contributed by atoms with Crippen LogP contribution in [-0.4, -0.2) is 104 Å². The van der Waals surface area contributed by atoms with Crippen molar-refractivity contribution >= 4 is 46.3 Å². The number of ether oxygens (including phenoxy) is 1. The highest BCUT2D eigenvalue weighted by atomic mass is 19.1. The number of likely N-dealkylation sites (tertiary alicyclic amines) is 2. The zero-order valence-electron chi connectivity index (χ0n) is 38.5. The van der Waals surface area contributed by atoms with Crippen LogP contribution < -0.4 is 20.3 Å². The highest BCUT2D eigenvalue weighted by Gasteiger charge is 2.41. The van der Waals surface area contributed by atoms with Gasteiger partial charge in [0.1, 0.15) is 11.6 Å². The van der Waals surface area contributed by atoms with Crippen LogP contribution in [0.5, 0.6) is 5.88 Å². The second kappa shape index (κ2) is 18.1. The molecule has 4 saturated heterocycles. The number of aromatic nitrogens is 5. The summed E-state index contributed by atoms with van der Waals surface area (Å²) in [6, 6.07) is 12.5. The smallest absolute Gasteiger partial charge is 0.258 e. The molecule has 67 heavy (non-hydrogen) atoms. The number of rotatable bonds is 5. The molecule has 15 nitrogen and oxygen atoms in total. The fourth-order valence-corrected chi connectivity index (χ4v) is 11.1. The van der Waals surface area contributed by atoms with Crippen molar-refractivity contribution < 1.29 is 32.7 Å². The minimum absolute atomic E-state index is 0.0306. The van der Waals surface area contributed by atoms with E-state index in [9.17, 15) is 19.2 Å². The predicted octanol–water partition coefficient (Wildman–Crippen LogP) is 6.73. The summed E-state index contributed by atoms with van der Waals surface area (Å²) in [6.07, 6.45) is 8.23. The summed E-state index contributed by atoms with van der Waals surface area (Å²) in [7, 11) is 1.84. The van der Waals surface area contributed by atoms with Crippen molar-refractivity contribution in [2.24, 2.45) is 24.3 Å². The van der Waals surface area contributed by atoms with E-state index in [2.05, 4.69) is 50.3 Å². The van der Waals surface area contributed by atoms with Gasteiger partial charge in [0.05, 0.1) is 46.9 Å². The summed E-state index contributed by atoms with van der Waals surface area (Å²) in [4.78, 5) is 67.7. The van der Waals surface area contributed by atoms with Gasteiger partial charge in [0.15, 0.2) is 0 Å². The van der Waals surface area contributed by atoms with Gasteiger partial charge in [-0.25, -0.2) is 18.4 Å².